The molecule has 0 saturated heterocycles. The summed E-state index contributed by atoms with van der Waals surface area (Å²) >= 11 is 6.61. The van der Waals surface area contributed by atoms with Crippen molar-refractivity contribution in [1.82, 2.24) is 19.5 Å². The highest BCUT2D eigenvalue weighted by molar-refractivity contribution is 6.31. The van der Waals surface area contributed by atoms with E-state index in [4.69, 9.17) is 17.3 Å². The Morgan fingerprint density at radius 1 is 0.909 bits per heavy atom. The molecule has 162 valence electrons. The number of hydrogen-bond donors (Lipinski definition) is 2. The number of H-pyrrole nitrogens is 1. The predicted octanol–water partition coefficient (Wildman–Crippen LogP) is 6.27. The largest absolute Gasteiger partial charge is 0.361 e. The van der Waals surface area contributed by atoms with Gasteiger partial charge in [0.2, 0.25) is 0 Å². The van der Waals surface area contributed by atoms with Crippen molar-refractivity contribution < 1.29 is 0 Å². The van der Waals surface area contributed by atoms with Crippen molar-refractivity contribution >= 4 is 44.4 Å². The molecule has 0 saturated carbocycles. The Hall–Kier alpha value is -3.67. The number of aromatic nitrogens is 4. The molecule has 0 aliphatic heterocycles. The molecule has 3 aromatic heterocycles. The van der Waals surface area contributed by atoms with Crippen LogP contribution in [-0.4, -0.2) is 26.1 Å². The highest BCUT2D eigenvalue weighted by Gasteiger charge is 2.13. The molecule has 0 spiro atoms. The Labute approximate surface area is 195 Å². The Morgan fingerprint density at radius 2 is 1.79 bits per heavy atom. The molecule has 6 heteroatoms. The van der Waals surface area contributed by atoms with Crippen LogP contribution in [0.15, 0.2) is 79.4 Å². The van der Waals surface area contributed by atoms with Gasteiger partial charge in [0.1, 0.15) is 11.8 Å². The molecule has 33 heavy (non-hydrogen) atoms. The minimum absolute atomic E-state index is 0.655. The lowest BCUT2D eigenvalue weighted by Crippen LogP contribution is -2.01. The van der Waals surface area contributed by atoms with Crippen LogP contribution in [-0.2, 0) is 6.42 Å². The number of halogens is 1. The van der Waals surface area contributed by atoms with E-state index in [2.05, 4.69) is 74.1 Å². The number of hydrogen-bond acceptors (Lipinski definition) is 3. The van der Waals surface area contributed by atoms with Crippen LogP contribution in [0.5, 0.6) is 0 Å². The maximum absolute atomic E-state index is 6.61. The summed E-state index contributed by atoms with van der Waals surface area (Å²) in [6.07, 6.45) is 7.43. The van der Waals surface area contributed by atoms with Gasteiger partial charge >= 0.3 is 0 Å². The van der Waals surface area contributed by atoms with Gasteiger partial charge in [-0.2, -0.15) is 0 Å². The van der Waals surface area contributed by atoms with Crippen LogP contribution in [0.2, 0.25) is 5.02 Å². The lowest BCUT2D eigenvalue weighted by Gasteiger charge is -2.11. The van der Waals surface area contributed by atoms with Gasteiger partial charge in [0, 0.05) is 27.8 Å². The number of nitrogens with two attached hydrogens (primary N) is 1. The number of nitrogens with one attached hydrogen (secondary N) is 1. The van der Waals surface area contributed by atoms with Crippen molar-refractivity contribution in [3.05, 3.63) is 90.0 Å². The van der Waals surface area contributed by atoms with Crippen LogP contribution in [0.1, 0.15) is 12.0 Å². The van der Waals surface area contributed by atoms with Crippen LogP contribution >= 0.6 is 11.6 Å². The molecule has 0 bridgehead atoms. The van der Waals surface area contributed by atoms with E-state index in [1.54, 1.807) is 0 Å². The molecule has 0 aliphatic rings. The normalized spacial score (nSPS) is 11.7. The molecule has 0 fully saturated rings. The predicted molar refractivity (Wildman–Crippen MR) is 136 cm³/mol. The molecule has 3 heterocycles. The molecule has 5 nitrogen and oxygen atoms in total. The maximum Gasteiger partial charge on any atom is 0.108 e. The molecule has 0 radical (unpaired) electrons. The van der Waals surface area contributed by atoms with Crippen LogP contribution in [0.25, 0.3) is 49.7 Å². The van der Waals surface area contributed by atoms with Crippen molar-refractivity contribution in [3.8, 4) is 16.8 Å². The van der Waals surface area contributed by atoms with E-state index in [0.717, 1.165) is 62.1 Å². The second-order valence-corrected chi connectivity index (χ2v) is 8.69. The van der Waals surface area contributed by atoms with Crippen LogP contribution in [0, 0.1) is 0 Å². The number of aromatic amines is 1. The van der Waals surface area contributed by atoms with Crippen molar-refractivity contribution in [1.29, 1.82) is 0 Å². The number of rotatable bonds is 5. The number of pyridine rings is 1. The van der Waals surface area contributed by atoms with Gasteiger partial charge in [-0.15, -0.1) is 0 Å². The highest BCUT2D eigenvalue weighted by Crippen LogP contribution is 2.32. The van der Waals surface area contributed by atoms with E-state index in [1.165, 1.54) is 10.9 Å². The van der Waals surface area contributed by atoms with Gasteiger partial charge in [0.05, 0.1) is 17.2 Å². The molecule has 6 aromatic rings. The van der Waals surface area contributed by atoms with Crippen molar-refractivity contribution in [3.63, 3.8) is 0 Å². The second kappa shape index (κ2) is 8.03. The monoisotopic (exact) mass is 451 g/mol. The van der Waals surface area contributed by atoms with Gasteiger partial charge in [-0.1, -0.05) is 29.8 Å². The molecule has 6 rings (SSSR count). The Morgan fingerprint density at radius 3 is 2.67 bits per heavy atom. The molecule has 0 amide bonds. The number of nitrogens with zero attached hydrogens (tertiary/aromatic N) is 3. The standard InChI is InChI=1S/C27H22ClN5/c28-23-14-21(6-3-17(23)2-1-10-29)33-16-32-26-15-31-25-8-5-19(13-22(25)27(26)33)18-4-7-24-20(12-18)9-11-30-24/h3-9,11-16,30H,1-2,10,29H2. The van der Waals surface area contributed by atoms with E-state index in [-0.39, 0.29) is 0 Å². The van der Waals surface area contributed by atoms with Crippen LogP contribution < -0.4 is 5.73 Å². The highest BCUT2D eigenvalue weighted by atomic mass is 35.5. The molecule has 0 atom stereocenters. The minimum Gasteiger partial charge on any atom is -0.361 e. The second-order valence-electron chi connectivity index (χ2n) is 8.29. The van der Waals surface area contributed by atoms with E-state index >= 15 is 0 Å². The smallest absolute Gasteiger partial charge is 0.108 e. The van der Waals surface area contributed by atoms with E-state index < -0.39 is 0 Å². The fourth-order valence-corrected chi connectivity index (χ4v) is 4.75. The van der Waals surface area contributed by atoms with Gasteiger partial charge < -0.3 is 10.7 Å². The SMILES string of the molecule is NCCCc1ccc(-n2cnc3cnc4ccc(-c5ccc6[nH]ccc6c5)cc4c32)cc1Cl. The zero-order valence-corrected chi connectivity index (χ0v) is 18.7. The fourth-order valence-electron chi connectivity index (χ4n) is 4.48. The quantitative estimate of drug-likeness (QED) is 0.324. The first-order chi connectivity index (χ1) is 16.2. The zero-order valence-electron chi connectivity index (χ0n) is 17.9. The first kappa shape index (κ1) is 20.0. The summed E-state index contributed by atoms with van der Waals surface area (Å²) in [6, 6.07) is 21.1. The first-order valence-electron chi connectivity index (χ1n) is 11.0. The lowest BCUT2D eigenvalue weighted by molar-refractivity contribution is 0.832. The summed E-state index contributed by atoms with van der Waals surface area (Å²) in [5, 5.41) is 3.00. The topological polar surface area (TPSA) is 72.5 Å². The van der Waals surface area contributed by atoms with Crippen molar-refractivity contribution in [2.24, 2.45) is 5.73 Å². The molecular formula is C27H22ClN5. The summed E-state index contributed by atoms with van der Waals surface area (Å²) in [6.45, 7) is 0.655. The van der Waals surface area contributed by atoms with Gasteiger partial charge in [-0.3, -0.25) is 9.55 Å². The van der Waals surface area contributed by atoms with Crippen LogP contribution in [0.4, 0.5) is 0 Å². The average molecular weight is 452 g/mol. The summed E-state index contributed by atoms with van der Waals surface area (Å²) in [7, 11) is 0. The van der Waals surface area contributed by atoms with Crippen molar-refractivity contribution in [2.75, 3.05) is 6.54 Å². The molecule has 0 unspecified atom stereocenters. The number of benzene rings is 3. The third kappa shape index (κ3) is 3.46. The van der Waals surface area contributed by atoms with E-state index in [9.17, 15) is 0 Å². The first-order valence-corrected chi connectivity index (χ1v) is 11.4. The molecule has 3 N–H and O–H groups in total. The Balaban J connectivity index is 1.51. The van der Waals surface area contributed by atoms with E-state index in [1.807, 2.05) is 24.8 Å². The number of aryl methyl sites for hydroxylation is 1. The fraction of sp³-hybridized carbons (Fsp3) is 0.111. The van der Waals surface area contributed by atoms with Gasteiger partial charge in [-0.25, -0.2) is 4.98 Å². The Kier molecular flexibility index (Phi) is 4.86. The van der Waals surface area contributed by atoms with Gasteiger partial charge in [-0.05, 0) is 83.9 Å². The molecule has 0 aliphatic carbocycles. The third-order valence-electron chi connectivity index (χ3n) is 6.23. The summed E-state index contributed by atoms with van der Waals surface area (Å²) in [5.74, 6) is 0. The van der Waals surface area contributed by atoms with Gasteiger partial charge in [0.15, 0.2) is 0 Å². The van der Waals surface area contributed by atoms with Crippen LogP contribution in [0.3, 0.4) is 0 Å². The summed E-state index contributed by atoms with van der Waals surface area (Å²) in [5.41, 5.74) is 14.0. The zero-order chi connectivity index (χ0) is 22.4. The third-order valence-corrected chi connectivity index (χ3v) is 6.58. The minimum atomic E-state index is 0.655. The molecular weight excluding hydrogens is 430 g/mol. The summed E-state index contributed by atoms with van der Waals surface area (Å²) < 4.78 is 2.09. The Bertz CT molecular complexity index is 1630. The summed E-state index contributed by atoms with van der Waals surface area (Å²) in [4.78, 5) is 12.5. The number of fused-ring (bicyclic) bond motifs is 4. The lowest BCUT2D eigenvalue weighted by atomic mass is 10.0. The van der Waals surface area contributed by atoms with E-state index in [0.29, 0.717) is 6.54 Å². The maximum atomic E-state index is 6.61. The number of imidazole rings is 1. The van der Waals surface area contributed by atoms with Gasteiger partial charge in [0.25, 0.3) is 0 Å². The van der Waals surface area contributed by atoms with Crippen molar-refractivity contribution in [2.45, 2.75) is 12.8 Å². The average Bonchev–Trinajstić information content (AvgIpc) is 3.49. The molecule has 3 aromatic carbocycles.